The number of aromatic nitrogens is 1. The first-order chi connectivity index (χ1) is 9.01. The van der Waals surface area contributed by atoms with Gasteiger partial charge in [-0.25, -0.2) is 0 Å². The van der Waals surface area contributed by atoms with Crippen LogP contribution in [0.25, 0.3) is 0 Å². The van der Waals surface area contributed by atoms with Crippen molar-refractivity contribution in [3.63, 3.8) is 0 Å². The average molecular weight is 285 g/mol. The van der Waals surface area contributed by atoms with Gasteiger partial charge in [0.2, 0.25) is 0 Å². The monoisotopic (exact) mass is 285 g/mol. The normalized spacial score (nSPS) is 10.8. The van der Waals surface area contributed by atoms with Crippen LogP contribution in [0.3, 0.4) is 0 Å². The molecule has 0 aromatic carbocycles. The number of nitrogens with zero attached hydrogens (tertiary/aromatic N) is 3. The highest BCUT2D eigenvalue weighted by Gasteiger charge is 2.22. The van der Waals surface area contributed by atoms with E-state index in [1.54, 1.807) is 7.05 Å². The highest BCUT2D eigenvalue weighted by molar-refractivity contribution is 7.11. The second-order valence-corrected chi connectivity index (χ2v) is 5.37. The molecule has 19 heavy (non-hydrogen) atoms. The van der Waals surface area contributed by atoms with Gasteiger partial charge in [-0.1, -0.05) is 6.92 Å². The van der Waals surface area contributed by atoms with Gasteiger partial charge < -0.3 is 20.9 Å². The topological polar surface area (TPSA) is 74.5 Å². The molecule has 108 valence electrons. The fourth-order valence-corrected chi connectivity index (χ4v) is 2.62. The van der Waals surface area contributed by atoms with Crippen LogP contribution in [0.1, 0.15) is 23.7 Å². The molecule has 0 atom stereocenters. The number of nitrogen functional groups attached to an aromatic ring is 1. The Bertz CT molecular complexity index is 418. The number of hydrogen-bond donors (Lipinski definition) is 2. The van der Waals surface area contributed by atoms with Gasteiger partial charge in [0.15, 0.2) is 5.82 Å². The maximum atomic E-state index is 11.9. The van der Waals surface area contributed by atoms with Crippen LogP contribution < -0.4 is 16.0 Å². The van der Waals surface area contributed by atoms with E-state index in [-0.39, 0.29) is 5.91 Å². The molecule has 1 aromatic heterocycles. The molecule has 0 aliphatic carbocycles. The van der Waals surface area contributed by atoms with E-state index >= 15 is 0 Å². The Kier molecular flexibility index (Phi) is 6.04. The zero-order valence-electron chi connectivity index (χ0n) is 12.1. The Morgan fingerprint density at radius 1 is 1.37 bits per heavy atom. The van der Waals surface area contributed by atoms with E-state index in [2.05, 4.69) is 26.4 Å². The number of hydrogen-bond acceptors (Lipinski definition) is 6. The number of anilines is 2. The van der Waals surface area contributed by atoms with E-state index in [0.29, 0.717) is 11.4 Å². The average Bonchev–Trinajstić information content (AvgIpc) is 2.75. The third kappa shape index (κ3) is 4.07. The molecular formula is C12H23N5OS. The highest BCUT2D eigenvalue weighted by Crippen LogP contribution is 2.30. The Hall–Kier alpha value is -1.34. The Labute approximate surface area is 118 Å². The van der Waals surface area contributed by atoms with Gasteiger partial charge >= 0.3 is 0 Å². The molecule has 0 unspecified atom stereocenters. The Balaban J connectivity index is 2.98. The van der Waals surface area contributed by atoms with Gasteiger partial charge in [0.05, 0.1) is 0 Å². The SMILES string of the molecule is CCCN(CCN(C)C)c1snc(N)c1C(=O)NC. The predicted molar refractivity (Wildman–Crippen MR) is 81.0 cm³/mol. The third-order valence-electron chi connectivity index (χ3n) is 2.75. The summed E-state index contributed by atoms with van der Waals surface area (Å²) in [6.07, 6.45) is 1.01. The predicted octanol–water partition coefficient (Wildman–Crippen LogP) is 0.863. The van der Waals surface area contributed by atoms with Crippen molar-refractivity contribution in [3.8, 4) is 0 Å². The first kappa shape index (κ1) is 15.7. The highest BCUT2D eigenvalue weighted by atomic mass is 32.1. The van der Waals surface area contributed by atoms with Crippen LogP contribution >= 0.6 is 11.5 Å². The smallest absolute Gasteiger partial charge is 0.257 e. The van der Waals surface area contributed by atoms with Crippen LogP contribution in [0.5, 0.6) is 0 Å². The largest absolute Gasteiger partial charge is 0.382 e. The number of likely N-dealkylation sites (N-methyl/N-ethyl adjacent to an activating group) is 1. The van der Waals surface area contributed by atoms with Crippen molar-refractivity contribution in [2.24, 2.45) is 0 Å². The van der Waals surface area contributed by atoms with Gasteiger partial charge in [-0.3, -0.25) is 4.79 Å². The number of carbonyl (C=O) groups is 1. The Morgan fingerprint density at radius 3 is 2.58 bits per heavy atom. The molecule has 3 N–H and O–H groups in total. The number of nitrogens with one attached hydrogen (secondary N) is 1. The molecule has 6 nitrogen and oxygen atoms in total. The summed E-state index contributed by atoms with van der Waals surface area (Å²) in [5.41, 5.74) is 6.31. The van der Waals surface area contributed by atoms with Gasteiger partial charge in [-0.2, -0.15) is 4.37 Å². The first-order valence-electron chi connectivity index (χ1n) is 6.38. The molecule has 0 aliphatic heterocycles. The second kappa shape index (κ2) is 7.30. The minimum absolute atomic E-state index is 0.174. The number of amides is 1. The molecular weight excluding hydrogens is 262 g/mol. The third-order valence-corrected chi connectivity index (χ3v) is 3.68. The summed E-state index contributed by atoms with van der Waals surface area (Å²) in [7, 11) is 5.67. The molecule has 1 aromatic rings. The van der Waals surface area contributed by atoms with Crippen LogP contribution in [-0.4, -0.2) is 56.0 Å². The summed E-state index contributed by atoms with van der Waals surface area (Å²) in [5, 5.41) is 3.48. The van der Waals surface area contributed by atoms with Crippen LogP contribution in [0, 0.1) is 0 Å². The van der Waals surface area contributed by atoms with Gasteiger partial charge in [0.1, 0.15) is 10.6 Å². The Morgan fingerprint density at radius 2 is 2.05 bits per heavy atom. The standard InChI is InChI=1S/C12H23N5OS/c1-5-6-17(8-7-16(3)4)12-9(11(18)14-2)10(13)15-19-12/h5-8H2,1-4H3,(H2,13,15)(H,14,18). The fraction of sp³-hybridized carbons (Fsp3) is 0.667. The molecule has 0 fully saturated rings. The van der Waals surface area contributed by atoms with Crippen molar-refractivity contribution in [2.45, 2.75) is 13.3 Å². The van der Waals surface area contributed by atoms with Crippen molar-refractivity contribution < 1.29 is 4.79 Å². The molecule has 0 saturated carbocycles. The van der Waals surface area contributed by atoms with Gasteiger partial charge in [-0.15, -0.1) is 0 Å². The van der Waals surface area contributed by atoms with E-state index in [9.17, 15) is 4.79 Å². The van der Waals surface area contributed by atoms with E-state index in [1.165, 1.54) is 11.5 Å². The summed E-state index contributed by atoms with van der Waals surface area (Å²) in [5.74, 6) is 0.137. The summed E-state index contributed by atoms with van der Waals surface area (Å²) >= 11 is 1.29. The molecule has 0 spiro atoms. The molecule has 0 aliphatic rings. The van der Waals surface area contributed by atoms with Crippen molar-refractivity contribution in [1.82, 2.24) is 14.6 Å². The van der Waals surface area contributed by atoms with Crippen molar-refractivity contribution in [3.05, 3.63) is 5.56 Å². The summed E-state index contributed by atoms with van der Waals surface area (Å²) in [6.45, 7) is 4.78. The second-order valence-electron chi connectivity index (χ2n) is 4.62. The lowest BCUT2D eigenvalue weighted by Gasteiger charge is -2.24. The van der Waals surface area contributed by atoms with Gasteiger partial charge in [0, 0.05) is 26.7 Å². The number of rotatable bonds is 7. The van der Waals surface area contributed by atoms with E-state index in [0.717, 1.165) is 31.1 Å². The number of nitrogens with two attached hydrogens (primary N) is 1. The van der Waals surface area contributed by atoms with Crippen LogP contribution in [0.4, 0.5) is 10.8 Å². The molecule has 1 rings (SSSR count). The van der Waals surface area contributed by atoms with Gasteiger partial charge in [-0.05, 0) is 32.0 Å². The molecule has 1 amide bonds. The maximum Gasteiger partial charge on any atom is 0.257 e. The number of carbonyl (C=O) groups excluding carboxylic acids is 1. The van der Waals surface area contributed by atoms with Crippen molar-refractivity contribution >= 4 is 28.3 Å². The van der Waals surface area contributed by atoms with Gasteiger partial charge in [0.25, 0.3) is 5.91 Å². The summed E-state index contributed by atoms with van der Waals surface area (Å²) < 4.78 is 4.12. The lowest BCUT2D eigenvalue weighted by molar-refractivity contribution is 0.0964. The van der Waals surface area contributed by atoms with Crippen molar-refractivity contribution in [1.29, 1.82) is 0 Å². The van der Waals surface area contributed by atoms with Crippen LogP contribution in [0.2, 0.25) is 0 Å². The summed E-state index contributed by atoms with van der Waals surface area (Å²) in [6, 6.07) is 0. The lowest BCUT2D eigenvalue weighted by Crippen LogP contribution is -2.33. The zero-order valence-corrected chi connectivity index (χ0v) is 12.9. The minimum Gasteiger partial charge on any atom is -0.382 e. The summed E-state index contributed by atoms with van der Waals surface area (Å²) in [4.78, 5) is 16.2. The maximum absolute atomic E-state index is 11.9. The molecule has 0 radical (unpaired) electrons. The van der Waals surface area contributed by atoms with Crippen molar-refractivity contribution in [2.75, 3.05) is 51.4 Å². The zero-order chi connectivity index (χ0) is 14.4. The molecule has 7 heteroatoms. The molecule has 1 heterocycles. The lowest BCUT2D eigenvalue weighted by atomic mass is 10.2. The first-order valence-corrected chi connectivity index (χ1v) is 7.15. The van der Waals surface area contributed by atoms with Crippen LogP contribution in [-0.2, 0) is 0 Å². The van der Waals surface area contributed by atoms with Crippen LogP contribution in [0.15, 0.2) is 0 Å². The van der Waals surface area contributed by atoms with E-state index in [1.807, 2.05) is 14.1 Å². The minimum atomic E-state index is -0.174. The molecule has 0 saturated heterocycles. The van der Waals surface area contributed by atoms with E-state index < -0.39 is 0 Å². The molecule has 0 bridgehead atoms. The quantitative estimate of drug-likeness (QED) is 0.777. The van der Waals surface area contributed by atoms with E-state index in [4.69, 9.17) is 5.73 Å². The fourth-order valence-electron chi connectivity index (χ4n) is 1.75.